The lowest BCUT2D eigenvalue weighted by molar-refractivity contribution is 0.163. The molecule has 0 spiro atoms. The highest BCUT2D eigenvalue weighted by Crippen LogP contribution is 2.60. The molecule has 0 N–H and O–H groups in total. The minimum atomic E-state index is 0.228. The minimum Gasteiger partial charge on any atom is -0.120 e. The van der Waals surface area contributed by atoms with E-state index in [0.29, 0.717) is 11.3 Å². The van der Waals surface area contributed by atoms with Crippen molar-refractivity contribution >= 4 is 0 Å². The molecule has 1 fully saturated rings. The van der Waals surface area contributed by atoms with E-state index in [4.69, 9.17) is 0 Å². The van der Waals surface area contributed by atoms with Gasteiger partial charge in [-0.1, -0.05) is 90.0 Å². The van der Waals surface area contributed by atoms with Crippen LogP contribution in [0.4, 0.5) is 0 Å². The van der Waals surface area contributed by atoms with Crippen molar-refractivity contribution in [3.63, 3.8) is 0 Å². The normalized spacial score (nSPS) is 35.6. The number of terminal acetylenes is 1. The predicted molar refractivity (Wildman–Crippen MR) is 118 cm³/mol. The monoisotopic (exact) mass is 352 g/mol. The van der Waals surface area contributed by atoms with Crippen LogP contribution in [-0.4, -0.2) is 0 Å². The highest BCUT2D eigenvalue weighted by molar-refractivity contribution is 5.46. The molecule has 3 aliphatic rings. The molecule has 1 saturated carbocycles. The highest BCUT2D eigenvalue weighted by atomic mass is 14.5. The van der Waals surface area contributed by atoms with Crippen molar-refractivity contribution in [2.45, 2.75) is 80.1 Å². The van der Waals surface area contributed by atoms with Crippen LogP contribution in [0.5, 0.6) is 0 Å². The molecule has 0 saturated heterocycles. The van der Waals surface area contributed by atoms with Crippen LogP contribution >= 0.6 is 0 Å². The fraction of sp³-hybridized carbons (Fsp3) is 0.615. The molecule has 144 valence electrons. The van der Waals surface area contributed by atoms with Gasteiger partial charge in [0.1, 0.15) is 0 Å². The third-order valence-electron chi connectivity index (χ3n) is 6.54. The van der Waals surface area contributed by atoms with Gasteiger partial charge in [-0.25, -0.2) is 0 Å². The summed E-state index contributed by atoms with van der Waals surface area (Å²) in [6, 6.07) is 0. The van der Waals surface area contributed by atoms with Gasteiger partial charge in [0.2, 0.25) is 0 Å². The zero-order valence-electron chi connectivity index (χ0n) is 18.1. The van der Waals surface area contributed by atoms with Crippen molar-refractivity contribution in [1.29, 1.82) is 0 Å². The van der Waals surface area contributed by atoms with E-state index in [2.05, 4.69) is 64.0 Å². The highest BCUT2D eigenvalue weighted by Gasteiger charge is 2.50. The largest absolute Gasteiger partial charge is 0.120 e. The maximum atomic E-state index is 4.60. The number of hydrogen-bond acceptors (Lipinski definition) is 0. The summed E-state index contributed by atoms with van der Waals surface area (Å²) in [7, 11) is 0. The molecular weight excluding hydrogens is 312 g/mol. The molecule has 0 aromatic heterocycles. The number of rotatable bonds is 3. The molecule has 0 heterocycles. The van der Waals surface area contributed by atoms with Crippen LogP contribution in [0.1, 0.15) is 80.1 Å². The number of fused-ring (bicyclic) bond motifs is 3. The second kappa shape index (κ2) is 10.0. The molecule has 0 heteroatoms. The Balaban J connectivity index is 0.000000615. The predicted octanol–water partition coefficient (Wildman–Crippen LogP) is 7.89. The standard InChI is InChI=1S/C21H30.C3H4.C2H6/c1-5-8-16-10-11-17-18-9-7-14-20(18,3)15-12-19(17)21(16,4)13-6-2;1-3-2;1-2/h5,8,10-12,17-18H,1,6-7,9,13-15H2,2-4H3;1H,2H3;1-2H3/b16-8-;;. The Morgan fingerprint density at radius 1 is 1.35 bits per heavy atom. The second-order valence-electron chi connectivity index (χ2n) is 8.13. The lowest BCUT2D eigenvalue weighted by Gasteiger charge is -2.49. The van der Waals surface area contributed by atoms with Gasteiger partial charge in [0.05, 0.1) is 0 Å². The molecule has 4 atom stereocenters. The molecule has 0 nitrogen and oxygen atoms in total. The Kier molecular flexibility index (Phi) is 8.69. The van der Waals surface area contributed by atoms with Crippen molar-refractivity contribution < 1.29 is 0 Å². The van der Waals surface area contributed by atoms with Gasteiger partial charge < -0.3 is 0 Å². The third kappa shape index (κ3) is 4.25. The van der Waals surface area contributed by atoms with E-state index >= 15 is 0 Å². The second-order valence-corrected chi connectivity index (χ2v) is 8.13. The number of hydrogen-bond donors (Lipinski definition) is 0. The van der Waals surface area contributed by atoms with Crippen molar-refractivity contribution in [3.05, 3.63) is 48.1 Å². The first-order valence-electron chi connectivity index (χ1n) is 10.6. The van der Waals surface area contributed by atoms with Crippen molar-refractivity contribution in [1.82, 2.24) is 0 Å². The van der Waals surface area contributed by atoms with Gasteiger partial charge in [0.25, 0.3) is 0 Å². The van der Waals surface area contributed by atoms with E-state index in [1.165, 1.54) is 44.1 Å². The van der Waals surface area contributed by atoms with Gasteiger partial charge >= 0.3 is 0 Å². The number of allylic oxidation sites excluding steroid dienone is 7. The van der Waals surface area contributed by atoms with Crippen molar-refractivity contribution in [2.75, 3.05) is 0 Å². The van der Waals surface area contributed by atoms with E-state index in [0.717, 1.165) is 5.92 Å². The molecule has 0 aromatic carbocycles. The van der Waals surface area contributed by atoms with E-state index in [-0.39, 0.29) is 5.41 Å². The maximum absolute atomic E-state index is 4.60. The first kappa shape index (κ1) is 22.6. The lowest BCUT2D eigenvalue weighted by Crippen LogP contribution is -2.39. The SMILES string of the molecule is C#CC.C=C/C=C1/C=CC2C(=CCC3(C)CCCC23)C1(C)CCC.CC. The molecule has 0 aliphatic heterocycles. The van der Waals surface area contributed by atoms with Crippen molar-refractivity contribution in [3.8, 4) is 12.3 Å². The van der Waals surface area contributed by atoms with Crippen molar-refractivity contribution in [2.24, 2.45) is 22.7 Å². The van der Waals surface area contributed by atoms with Gasteiger partial charge in [-0.05, 0) is 49.5 Å². The maximum Gasteiger partial charge on any atom is 0.0139 e. The Hall–Kier alpha value is -1.48. The van der Waals surface area contributed by atoms with Gasteiger partial charge in [-0.3, -0.25) is 0 Å². The van der Waals surface area contributed by atoms with E-state index < -0.39 is 0 Å². The molecule has 3 rings (SSSR count). The average molecular weight is 353 g/mol. The fourth-order valence-electron chi connectivity index (χ4n) is 5.37. The van der Waals surface area contributed by atoms with Crippen LogP contribution in [0.15, 0.2) is 48.1 Å². The van der Waals surface area contributed by atoms with Crippen LogP contribution < -0.4 is 0 Å². The van der Waals surface area contributed by atoms with E-state index in [1.54, 1.807) is 12.5 Å². The topological polar surface area (TPSA) is 0 Å². The zero-order chi connectivity index (χ0) is 19.8. The van der Waals surface area contributed by atoms with Crippen LogP contribution in [0.3, 0.4) is 0 Å². The molecular formula is C26H40. The third-order valence-corrected chi connectivity index (χ3v) is 6.54. The minimum absolute atomic E-state index is 0.228. The molecule has 4 unspecified atom stereocenters. The first-order chi connectivity index (χ1) is 12.5. The molecule has 3 aliphatic carbocycles. The van der Waals surface area contributed by atoms with Gasteiger partial charge in [-0.2, -0.15) is 0 Å². The van der Waals surface area contributed by atoms with Gasteiger partial charge in [0, 0.05) is 11.3 Å². The lowest BCUT2D eigenvalue weighted by atomic mass is 9.55. The molecule has 0 amide bonds. The fourth-order valence-corrected chi connectivity index (χ4v) is 5.37. The smallest absolute Gasteiger partial charge is 0.0139 e. The summed E-state index contributed by atoms with van der Waals surface area (Å²) in [6.45, 7) is 16.9. The summed E-state index contributed by atoms with van der Waals surface area (Å²) in [6.07, 6.45) is 24.4. The summed E-state index contributed by atoms with van der Waals surface area (Å²) in [5, 5.41) is 0. The Bertz CT molecular complexity index is 594. The zero-order valence-corrected chi connectivity index (χ0v) is 18.1. The summed E-state index contributed by atoms with van der Waals surface area (Å²) in [5.41, 5.74) is 3.96. The first-order valence-corrected chi connectivity index (χ1v) is 10.6. The van der Waals surface area contributed by atoms with Crippen LogP contribution in [-0.2, 0) is 0 Å². The summed E-state index contributed by atoms with van der Waals surface area (Å²) in [4.78, 5) is 0. The summed E-state index contributed by atoms with van der Waals surface area (Å²) >= 11 is 0. The Labute approximate surface area is 163 Å². The molecule has 0 aromatic rings. The van der Waals surface area contributed by atoms with Crippen LogP contribution in [0.25, 0.3) is 0 Å². The van der Waals surface area contributed by atoms with Crippen LogP contribution in [0, 0.1) is 35.0 Å². The quantitative estimate of drug-likeness (QED) is 0.358. The van der Waals surface area contributed by atoms with Gasteiger partial charge in [0.15, 0.2) is 0 Å². The molecule has 0 radical (unpaired) electrons. The Morgan fingerprint density at radius 3 is 2.58 bits per heavy atom. The Morgan fingerprint density at radius 2 is 2.00 bits per heavy atom. The van der Waals surface area contributed by atoms with Crippen LogP contribution in [0.2, 0.25) is 0 Å². The molecule has 26 heavy (non-hydrogen) atoms. The van der Waals surface area contributed by atoms with E-state index in [9.17, 15) is 0 Å². The van der Waals surface area contributed by atoms with E-state index in [1.807, 2.05) is 19.9 Å². The summed E-state index contributed by atoms with van der Waals surface area (Å²) in [5.74, 6) is 3.81. The average Bonchev–Trinajstić information content (AvgIpc) is 3.02. The summed E-state index contributed by atoms with van der Waals surface area (Å²) < 4.78 is 0. The van der Waals surface area contributed by atoms with Gasteiger partial charge in [-0.15, -0.1) is 12.3 Å². The molecule has 0 bridgehead atoms.